The summed E-state index contributed by atoms with van der Waals surface area (Å²) < 4.78 is 15.6. The standard InChI is InChI=1S/C15H18O5/c16-14(18-8-10-4-5-10)12-2-1-3-13(20-12)15(17)19-9-11-6-7-11/h1-3,10-12H,4-9H2. The van der Waals surface area contributed by atoms with E-state index in [-0.39, 0.29) is 5.76 Å². The Balaban J connectivity index is 1.46. The van der Waals surface area contributed by atoms with Gasteiger partial charge in [-0.1, -0.05) is 6.08 Å². The summed E-state index contributed by atoms with van der Waals surface area (Å²) in [5.41, 5.74) is 0. The second-order valence-electron chi connectivity index (χ2n) is 5.57. The van der Waals surface area contributed by atoms with Crippen molar-refractivity contribution in [2.24, 2.45) is 11.8 Å². The zero-order chi connectivity index (χ0) is 13.9. The molecule has 0 aromatic heterocycles. The van der Waals surface area contributed by atoms with Gasteiger partial charge < -0.3 is 14.2 Å². The molecule has 1 unspecified atom stereocenters. The molecule has 3 rings (SSSR count). The van der Waals surface area contributed by atoms with Crippen LogP contribution >= 0.6 is 0 Å². The van der Waals surface area contributed by atoms with Crippen LogP contribution in [0.1, 0.15) is 25.7 Å². The highest BCUT2D eigenvalue weighted by molar-refractivity contribution is 5.88. The van der Waals surface area contributed by atoms with E-state index in [0.29, 0.717) is 25.0 Å². The van der Waals surface area contributed by atoms with Crippen LogP contribution in [0.4, 0.5) is 0 Å². The molecule has 0 aromatic carbocycles. The fourth-order valence-corrected chi connectivity index (χ4v) is 1.82. The lowest BCUT2D eigenvalue weighted by molar-refractivity contribution is -0.155. The lowest BCUT2D eigenvalue weighted by Crippen LogP contribution is -2.29. The van der Waals surface area contributed by atoms with Crippen molar-refractivity contribution in [3.63, 3.8) is 0 Å². The molecule has 20 heavy (non-hydrogen) atoms. The van der Waals surface area contributed by atoms with E-state index in [4.69, 9.17) is 14.2 Å². The summed E-state index contributed by atoms with van der Waals surface area (Å²) in [4.78, 5) is 23.6. The third kappa shape index (κ3) is 3.62. The predicted molar refractivity (Wildman–Crippen MR) is 69.5 cm³/mol. The Labute approximate surface area is 117 Å². The molecule has 5 heteroatoms. The molecule has 1 aliphatic heterocycles. The van der Waals surface area contributed by atoms with Gasteiger partial charge in [-0.05, 0) is 49.7 Å². The third-order valence-corrected chi connectivity index (χ3v) is 3.53. The first kappa shape index (κ1) is 13.2. The quantitative estimate of drug-likeness (QED) is 0.692. The summed E-state index contributed by atoms with van der Waals surface area (Å²) in [5, 5.41) is 0. The minimum atomic E-state index is -0.845. The number of allylic oxidation sites excluding steroid dienone is 2. The Hall–Kier alpha value is -1.78. The van der Waals surface area contributed by atoms with Crippen LogP contribution in [-0.4, -0.2) is 31.3 Å². The van der Waals surface area contributed by atoms with E-state index in [0.717, 1.165) is 25.7 Å². The van der Waals surface area contributed by atoms with E-state index in [2.05, 4.69) is 0 Å². The number of carbonyl (C=O) groups excluding carboxylic acids is 2. The van der Waals surface area contributed by atoms with Crippen molar-refractivity contribution >= 4 is 11.9 Å². The Bertz CT molecular complexity index is 457. The van der Waals surface area contributed by atoms with Crippen molar-refractivity contribution in [3.05, 3.63) is 24.0 Å². The fourth-order valence-electron chi connectivity index (χ4n) is 1.82. The molecule has 0 radical (unpaired) electrons. The average molecular weight is 278 g/mol. The summed E-state index contributed by atoms with van der Waals surface area (Å²) in [6.45, 7) is 0.873. The first-order valence-electron chi connectivity index (χ1n) is 7.11. The van der Waals surface area contributed by atoms with Crippen LogP contribution in [-0.2, 0) is 23.8 Å². The predicted octanol–water partition coefficient (Wildman–Crippen LogP) is 1.73. The smallest absolute Gasteiger partial charge is 0.373 e. The molecule has 3 aliphatic rings. The Morgan fingerprint density at radius 3 is 2.40 bits per heavy atom. The van der Waals surface area contributed by atoms with E-state index >= 15 is 0 Å². The molecule has 0 N–H and O–H groups in total. The highest BCUT2D eigenvalue weighted by Crippen LogP contribution is 2.30. The summed E-state index contributed by atoms with van der Waals surface area (Å²) in [6, 6.07) is 0. The number of hydrogen-bond donors (Lipinski definition) is 0. The molecular weight excluding hydrogens is 260 g/mol. The van der Waals surface area contributed by atoms with Gasteiger partial charge in [0.2, 0.25) is 11.9 Å². The number of carbonyl (C=O) groups is 2. The van der Waals surface area contributed by atoms with Crippen LogP contribution < -0.4 is 0 Å². The maximum atomic E-state index is 11.8. The molecular formula is C15H18O5. The second-order valence-corrected chi connectivity index (χ2v) is 5.57. The van der Waals surface area contributed by atoms with Gasteiger partial charge in [0.15, 0.2) is 0 Å². The van der Waals surface area contributed by atoms with E-state index < -0.39 is 18.0 Å². The highest BCUT2D eigenvalue weighted by Gasteiger charge is 2.30. The normalized spacial score (nSPS) is 24.6. The molecule has 2 saturated carbocycles. The van der Waals surface area contributed by atoms with Crippen molar-refractivity contribution in [1.29, 1.82) is 0 Å². The molecule has 2 fully saturated rings. The van der Waals surface area contributed by atoms with Crippen LogP contribution in [0.5, 0.6) is 0 Å². The molecule has 1 atom stereocenters. The summed E-state index contributed by atoms with van der Waals surface area (Å²) in [6.07, 6.45) is 8.34. The number of hydrogen-bond acceptors (Lipinski definition) is 5. The Kier molecular flexibility index (Phi) is 3.76. The maximum Gasteiger partial charge on any atom is 0.373 e. The van der Waals surface area contributed by atoms with E-state index in [1.165, 1.54) is 6.08 Å². The number of ether oxygens (including phenoxy) is 3. The largest absolute Gasteiger partial charge is 0.467 e. The summed E-state index contributed by atoms with van der Waals surface area (Å²) in [7, 11) is 0. The van der Waals surface area contributed by atoms with Gasteiger partial charge in [0.05, 0.1) is 13.2 Å². The molecule has 0 bridgehead atoms. The first-order valence-corrected chi connectivity index (χ1v) is 7.11. The van der Waals surface area contributed by atoms with E-state index in [1.807, 2.05) is 0 Å². The minimum Gasteiger partial charge on any atom is -0.467 e. The molecule has 1 heterocycles. The zero-order valence-corrected chi connectivity index (χ0v) is 11.2. The van der Waals surface area contributed by atoms with Gasteiger partial charge in [0.1, 0.15) is 0 Å². The highest BCUT2D eigenvalue weighted by atomic mass is 16.6. The molecule has 2 aliphatic carbocycles. The van der Waals surface area contributed by atoms with Crippen molar-refractivity contribution in [2.45, 2.75) is 31.8 Å². The third-order valence-electron chi connectivity index (χ3n) is 3.53. The van der Waals surface area contributed by atoms with Crippen LogP contribution in [0.25, 0.3) is 0 Å². The molecule has 0 spiro atoms. The van der Waals surface area contributed by atoms with Gasteiger partial charge >= 0.3 is 11.9 Å². The SMILES string of the molecule is O=C(OCC1CC1)C1=CC=CC(C(=O)OCC2CC2)O1. The number of esters is 2. The summed E-state index contributed by atoms with van der Waals surface area (Å²) in [5.74, 6) is 0.111. The summed E-state index contributed by atoms with van der Waals surface area (Å²) >= 11 is 0. The lowest BCUT2D eigenvalue weighted by atomic mass is 10.2. The van der Waals surface area contributed by atoms with Crippen molar-refractivity contribution < 1.29 is 23.8 Å². The number of rotatable bonds is 6. The fraction of sp³-hybridized carbons (Fsp3) is 0.600. The molecule has 0 saturated heterocycles. The second kappa shape index (κ2) is 5.69. The van der Waals surface area contributed by atoms with Gasteiger partial charge in [-0.15, -0.1) is 0 Å². The van der Waals surface area contributed by atoms with Crippen molar-refractivity contribution in [2.75, 3.05) is 13.2 Å². The topological polar surface area (TPSA) is 61.8 Å². The van der Waals surface area contributed by atoms with E-state index in [9.17, 15) is 9.59 Å². The zero-order valence-electron chi connectivity index (χ0n) is 11.2. The van der Waals surface area contributed by atoms with Gasteiger partial charge in [-0.2, -0.15) is 0 Å². The van der Waals surface area contributed by atoms with Gasteiger partial charge in [-0.3, -0.25) is 0 Å². The van der Waals surface area contributed by atoms with Crippen LogP contribution in [0.15, 0.2) is 24.0 Å². The van der Waals surface area contributed by atoms with Crippen LogP contribution in [0.2, 0.25) is 0 Å². The van der Waals surface area contributed by atoms with E-state index in [1.54, 1.807) is 12.2 Å². The Morgan fingerprint density at radius 1 is 1.10 bits per heavy atom. The maximum absolute atomic E-state index is 11.8. The van der Waals surface area contributed by atoms with Gasteiger partial charge in [0, 0.05) is 0 Å². The van der Waals surface area contributed by atoms with Crippen LogP contribution in [0.3, 0.4) is 0 Å². The van der Waals surface area contributed by atoms with Crippen LogP contribution in [0, 0.1) is 11.8 Å². The van der Waals surface area contributed by atoms with Crippen molar-refractivity contribution in [3.8, 4) is 0 Å². The van der Waals surface area contributed by atoms with Gasteiger partial charge in [0.25, 0.3) is 0 Å². The average Bonchev–Trinajstić information content (AvgIpc) is 3.36. The molecule has 0 aromatic rings. The monoisotopic (exact) mass is 278 g/mol. The molecule has 0 amide bonds. The molecule has 108 valence electrons. The Morgan fingerprint density at radius 2 is 1.75 bits per heavy atom. The van der Waals surface area contributed by atoms with Crippen molar-refractivity contribution in [1.82, 2.24) is 0 Å². The van der Waals surface area contributed by atoms with Gasteiger partial charge in [-0.25, -0.2) is 9.59 Å². The minimum absolute atomic E-state index is 0.0709. The lowest BCUT2D eigenvalue weighted by Gasteiger charge is -2.18. The first-order chi connectivity index (χ1) is 9.72. The molecule has 5 nitrogen and oxygen atoms in total.